The van der Waals surface area contributed by atoms with Crippen molar-refractivity contribution in [1.29, 1.82) is 0 Å². The van der Waals surface area contributed by atoms with Crippen molar-refractivity contribution in [1.82, 2.24) is 9.62 Å². The van der Waals surface area contributed by atoms with Gasteiger partial charge in [-0.25, -0.2) is 13.2 Å². The number of amides is 1. The van der Waals surface area contributed by atoms with Gasteiger partial charge in [-0.05, 0) is 71.7 Å². The van der Waals surface area contributed by atoms with E-state index in [-0.39, 0.29) is 42.5 Å². The van der Waals surface area contributed by atoms with E-state index >= 15 is 0 Å². The Hall–Kier alpha value is -2.80. The van der Waals surface area contributed by atoms with Crippen molar-refractivity contribution in [2.45, 2.75) is 56.4 Å². The summed E-state index contributed by atoms with van der Waals surface area (Å²) in [7, 11) is -4.73. The molecular formula is C29H40N2O10PS+. The second-order valence-corrected chi connectivity index (χ2v) is 13.9. The molecular weight excluding hydrogens is 599 g/mol. The molecule has 0 saturated carbocycles. The lowest BCUT2D eigenvalue weighted by molar-refractivity contribution is -0.0907. The predicted octanol–water partition coefficient (Wildman–Crippen LogP) is 3.90. The average Bonchev–Trinajstić information content (AvgIpc) is 3.59. The molecule has 2 aliphatic rings. The van der Waals surface area contributed by atoms with Crippen LogP contribution in [0.5, 0.6) is 11.5 Å². The van der Waals surface area contributed by atoms with Crippen LogP contribution >= 0.6 is 8.03 Å². The highest BCUT2D eigenvalue weighted by Gasteiger charge is 2.44. The van der Waals surface area contributed by atoms with Crippen molar-refractivity contribution in [2.75, 3.05) is 39.8 Å². The van der Waals surface area contributed by atoms with Gasteiger partial charge in [-0.1, -0.05) is 26.0 Å². The maximum absolute atomic E-state index is 13.6. The molecule has 2 N–H and O–H groups in total. The van der Waals surface area contributed by atoms with E-state index in [0.717, 1.165) is 12.0 Å². The van der Waals surface area contributed by atoms with Crippen LogP contribution in [0.4, 0.5) is 4.79 Å². The van der Waals surface area contributed by atoms with Gasteiger partial charge in [-0.2, -0.15) is 9.20 Å². The lowest BCUT2D eigenvalue weighted by Gasteiger charge is -2.27. The minimum absolute atomic E-state index is 0.0121. The minimum atomic E-state index is -3.82. The Balaban J connectivity index is 1.48. The van der Waals surface area contributed by atoms with Gasteiger partial charge < -0.3 is 29.0 Å². The van der Waals surface area contributed by atoms with E-state index in [1.807, 2.05) is 13.8 Å². The summed E-state index contributed by atoms with van der Waals surface area (Å²) in [4.78, 5) is 22.2. The molecule has 2 saturated heterocycles. The van der Waals surface area contributed by atoms with Crippen molar-refractivity contribution < 1.29 is 46.4 Å². The normalized spacial score (nSPS) is 21.0. The minimum Gasteiger partial charge on any atom is -0.497 e. The summed E-state index contributed by atoms with van der Waals surface area (Å²) in [6, 6.07) is 12.8. The first kappa shape index (κ1) is 33.1. The van der Waals surface area contributed by atoms with Crippen molar-refractivity contribution in [3.8, 4) is 11.5 Å². The first-order valence-electron chi connectivity index (χ1n) is 14.2. The van der Waals surface area contributed by atoms with Crippen LogP contribution in [-0.2, 0) is 35.2 Å². The molecule has 14 heteroatoms. The monoisotopic (exact) mass is 639 g/mol. The lowest BCUT2D eigenvalue weighted by Crippen LogP contribution is -2.43. The lowest BCUT2D eigenvalue weighted by atomic mass is 10.0. The Labute approximate surface area is 253 Å². The van der Waals surface area contributed by atoms with Crippen LogP contribution in [0.3, 0.4) is 0 Å². The SMILES string of the molecule is COc1ccc(S(=O)(=O)N(CCC(Cc2ccc(OC[P+](=O)O)cc2)NC(=O)OC2COC3OCCC23)CC(C)C)cc1. The average molecular weight is 640 g/mol. The predicted molar refractivity (Wildman–Crippen MR) is 158 cm³/mol. The molecule has 4 rings (SSSR count). The fourth-order valence-electron chi connectivity index (χ4n) is 5.16. The van der Waals surface area contributed by atoms with Gasteiger partial charge in [-0.15, -0.1) is 0 Å². The van der Waals surface area contributed by atoms with Gasteiger partial charge >= 0.3 is 20.5 Å². The fraction of sp³-hybridized carbons (Fsp3) is 0.552. The number of carbonyl (C=O) groups excluding carboxylic acids is 1. The summed E-state index contributed by atoms with van der Waals surface area (Å²) in [5.41, 5.74) is 0.855. The van der Waals surface area contributed by atoms with Crippen molar-refractivity contribution in [3.63, 3.8) is 0 Å². The van der Waals surface area contributed by atoms with E-state index in [9.17, 15) is 17.8 Å². The Morgan fingerprint density at radius 1 is 1.12 bits per heavy atom. The standard InChI is InChI=1S/C29H39N2O10PS/c1-20(2)17-31(43(35,36)25-10-8-23(37-3)9-11-25)14-12-22(16-21-4-6-24(7-5-21)40-19-42(33)34)30-29(32)41-27-18-39-28-26(27)13-15-38-28/h4-11,20,22,26-28H,12-19H2,1-3H3,(H-,30,32,33,34)/p+1. The Kier molecular flexibility index (Phi) is 11.8. The Bertz CT molecular complexity index is 1320. The van der Waals surface area contributed by atoms with E-state index in [1.165, 1.54) is 23.5 Å². The third-order valence-corrected chi connectivity index (χ3v) is 9.53. The smallest absolute Gasteiger partial charge is 0.497 e. The van der Waals surface area contributed by atoms with Crippen LogP contribution in [-0.4, -0.2) is 81.9 Å². The molecule has 2 aliphatic heterocycles. The number of fused-ring (bicyclic) bond motifs is 1. The molecule has 2 fully saturated rings. The molecule has 12 nitrogen and oxygen atoms in total. The van der Waals surface area contributed by atoms with E-state index < -0.39 is 36.3 Å². The van der Waals surface area contributed by atoms with Crippen LogP contribution in [0.25, 0.3) is 0 Å². The highest BCUT2D eigenvalue weighted by molar-refractivity contribution is 7.89. The van der Waals surface area contributed by atoms with Gasteiger partial charge in [0.05, 0.1) is 31.1 Å². The summed E-state index contributed by atoms with van der Waals surface area (Å²) in [6.45, 7) is 5.17. The van der Waals surface area contributed by atoms with E-state index in [1.54, 1.807) is 36.4 Å². The molecule has 0 aromatic heterocycles. The quantitative estimate of drug-likeness (QED) is 0.275. The number of ether oxygens (including phenoxy) is 5. The summed E-state index contributed by atoms with van der Waals surface area (Å²) in [5, 5.41) is 2.94. The summed E-state index contributed by atoms with van der Waals surface area (Å²) in [5.74, 6) is 1.05. The van der Waals surface area contributed by atoms with E-state index in [0.29, 0.717) is 37.5 Å². The van der Waals surface area contributed by atoms with Crippen LogP contribution < -0.4 is 14.8 Å². The second kappa shape index (κ2) is 15.3. The molecule has 2 heterocycles. The zero-order valence-corrected chi connectivity index (χ0v) is 26.3. The van der Waals surface area contributed by atoms with Crippen LogP contribution in [0, 0.1) is 11.8 Å². The first-order valence-corrected chi connectivity index (χ1v) is 17.1. The summed E-state index contributed by atoms with van der Waals surface area (Å²) in [6.07, 6.45) is -0.239. The summed E-state index contributed by atoms with van der Waals surface area (Å²) >= 11 is 0. The zero-order valence-electron chi connectivity index (χ0n) is 24.6. The molecule has 2 aromatic carbocycles. The third kappa shape index (κ3) is 9.34. The van der Waals surface area contributed by atoms with Gasteiger partial charge in [0.25, 0.3) is 0 Å². The number of benzene rings is 2. The molecule has 5 atom stereocenters. The van der Waals surface area contributed by atoms with Crippen LogP contribution in [0.1, 0.15) is 32.3 Å². The largest absolute Gasteiger partial charge is 0.547 e. The molecule has 43 heavy (non-hydrogen) atoms. The Morgan fingerprint density at radius 3 is 2.47 bits per heavy atom. The molecule has 0 radical (unpaired) electrons. The van der Waals surface area contributed by atoms with Gasteiger partial charge in [0, 0.05) is 19.1 Å². The van der Waals surface area contributed by atoms with Crippen LogP contribution in [0.2, 0.25) is 0 Å². The number of hydrogen-bond donors (Lipinski definition) is 2. The number of nitrogens with one attached hydrogen (secondary N) is 1. The number of nitrogens with zero attached hydrogens (tertiary/aromatic N) is 1. The number of hydrogen-bond acceptors (Lipinski definition) is 9. The molecule has 5 unspecified atom stereocenters. The molecule has 0 spiro atoms. The summed E-state index contributed by atoms with van der Waals surface area (Å²) < 4.78 is 67.0. The highest BCUT2D eigenvalue weighted by Crippen LogP contribution is 2.33. The second-order valence-electron chi connectivity index (χ2n) is 11.0. The van der Waals surface area contributed by atoms with Gasteiger partial charge in [-0.3, -0.25) is 0 Å². The van der Waals surface area contributed by atoms with E-state index in [4.69, 9.17) is 28.6 Å². The van der Waals surface area contributed by atoms with Crippen molar-refractivity contribution in [3.05, 3.63) is 54.1 Å². The first-order chi connectivity index (χ1) is 20.5. The molecule has 0 bridgehead atoms. The molecule has 1 amide bonds. The molecule has 0 aliphatic carbocycles. The highest BCUT2D eigenvalue weighted by atomic mass is 32.2. The number of carbonyl (C=O) groups is 1. The number of sulfonamides is 1. The zero-order chi connectivity index (χ0) is 31.0. The topological polar surface area (TPSA) is 150 Å². The van der Waals surface area contributed by atoms with Crippen LogP contribution in [0.15, 0.2) is 53.4 Å². The number of methoxy groups -OCH3 is 1. The van der Waals surface area contributed by atoms with Gasteiger partial charge in [0.15, 0.2) is 6.29 Å². The van der Waals surface area contributed by atoms with Gasteiger partial charge in [0.2, 0.25) is 10.0 Å². The number of alkyl carbamates (subject to hydrolysis) is 1. The maximum Gasteiger partial charge on any atom is 0.547 e. The third-order valence-electron chi connectivity index (χ3n) is 7.31. The van der Waals surface area contributed by atoms with Crippen molar-refractivity contribution >= 4 is 24.1 Å². The Morgan fingerprint density at radius 2 is 1.81 bits per heavy atom. The fourth-order valence-corrected chi connectivity index (χ4v) is 7.04. The molecule has 2 aromatic rings. The van der Waals surface area contributed by atoms with Crippen molar-refractivity contribution in [2.24, 2.45) is 11.8 Å². The number of rotatable bonds is 15. The van der Waals surface area contributed by atoms with E-state index in [2.05, 4.69) is 5.32 Å². The van der Waals surface area contributed by atoms with Gasteiger partial charge in [0.1, 0.15) is 17.6 Å². The molecule has 236 valence electrons. The maximum atomic E-state index is 13.6.